The lowest BCUT2D eigenvalue weighted by Gasteiger charge is -2.26. The quantitative estimate of drug-likeness (QED) is 0.0214. The van der Waals surface area contributed by atoms with E-state index < -0.39 is 59.6 Å². The number of unbranched alkanes of at least 4 members (excludes halogenated alkanes) is 2. The van der Waals surface area contributed by atoms with Crippen LogP contribution >= 0.6 is 0 Å². The zero-order valence-electron chi connectivity index (χ0n) is 38.6. The van der Waals surface area contributed by atoms with E-state index in [-0.39, 0.29) is 84.1 Å². The lowest BCUT2D eigenvalue weighted by atomic mass is 9.82. The first-order valence-corrected chi connectivity index (χ1v) is 22.2. The fourth-order valence-corrected chi connectivity index (χ4v) is 6.77. The van der Waals surface area contributed by atoms with Crippen molar-refractivity contribution in [1.29, 1.82) is 0 Å². The Kier molecular flexibility index (Phi) is 20.2. The van der Waals surface area contributed by atoms with Crippen LogP contribution in [-0.2, 0) is 38.1 Å². The van der Waals surface area contributed by atoms with Gasteiger partial charge in [0.15, 0.2) is 0 Å². The molecule has 0 amide bonds. The van der Waals surface area contributed by atoms with Crippen molar-refractivity contribution < 1.29 is 85.7 Å². The summed E-state index contributed by atoms with van der Waals surface area (Å²) >= 11 is 0. The number of rotatable bonds is 24. The van der Waals surface area contributed by atoms with Gasteiger partial charge in [0.05, 0.1) is 63.6 Å². The van der Waals surface area contributed by atoms with E-state index in [0.717, 1.165) is 26.4 Å². The number of ether oxygens (including phenoxy) is 10. The predicted octanol–water partition coefficient (Wildman–Crippen LogP) is 7.79. The molecule has 0 atom stereocenters. The minimum absolute atomic E-state index is 0.000450. The van der Waals surface area contributed by atoms with Crippen LogP contribution in [0.3, 0.4) is 0 Å². The second-order valence-electron chi connectivity index (χ2n) is 15.4. The third-order valence-electron chi connectivity index (χ3n) is 10.6. The maximum absolute atomic E-state index is 13.3. The number of hydrogen-bond acceptors (Lipinski definition) is 18. The zero-order chi connectivity index (χ0) is 50.4. The molecule has 0 bridgehead atoms. The second-order valence-corrected chi connectivity index (χ2v) is 15.4. The van der Waals surface area contributed by atoms with Gasteiger partial charge in [-0.05, 0) is 136 Å². The maximum atomic E-state index is 13.3. The van der Waals surface area contributed by atoms with Crippen LogP contribution in [0.5, 0.6) is 34.5 Å². The summed E-state index contributed by atoms with van der Waals surface area (Å²) in [6.07, 6.45) is 5.73. The van der Waals surface area contributed by atoms with Crippen LogP contribution in [0.1, 0.15) is 92.8 Å². The Balaban J connectivity index is 1.09. The van der Waals surface area contributed by atoms with Crippen LogP contribution in [0.25, 0.3) is 0 Å². The van der Waals surface area contributed by atoms with Gasteiger partial charge in [-0.1, -0.05) is 13.2 Å². The highest BCUT2D eigenvalue weighted by atomic mass is 16.6. The van der Waals surface area contributed by atoms with Crippen LogP contribution < -0.4 is 28.4 Å². The highest BCUT2D eigenvalue weighted by Crippen LogP contribution is 2.34. The lowest BCUT2D eigenvalue weighted by Crippen LogP contribution is -2.30. The van der Waals surface area contributed by atoms with Gasteiger partial charge in [-0.15, -0.1) is 0 Å². The number of methoxy groups -OCH3 is 2. The number of esters is 8. The molecule has 0 heterocycles. The van der Waals surface area contributed by atoms with E-state index in [9.17, 15) is 38.4 Å². The molecule has 0 spiro atoms. The standard InChI is InChI=1S/C52H52O18/c1-5-45(53)65-29-9-7-27-63-37-19-15-35(16-20-37)49(57)69-43-25-23-39(31-41(43)51(59)61-3)67-47(55)33-11-13-34(14-12-33)48(56)68-40-24-26-44(42(32-40)52(60)62-4)70-50(58)36-17-21-38(22-18-36)64-28-8-10-30-66-46(54)6-2/h5-6,15-26,31-34H,1-2,7-14,27-30H2,3-4H3. The first kappa shape index (κ1) is 52.7. The highest BCUT2D eigenvalue weighted by Gasteiger charge is 2.33. The summed E-state index contributed by atoms with van der Waals surface area (Å²) in [6.45, 7) is 7.87. The molecule has 0 aromatic heterocycles. The van der Waals surface area contributed by atoms with Gasteiger partial charge in [-0.2, -0.15) is 0 Å². The minimum atomic E-state index is -0.846. The van der Waals surface area contributed by atoms with Gasteiger partial charge in [0.25, 0.3) is 0 Å². The average molecular weight is 965 g/mol. The van der Waals surface area contributed by atoms with Crippen molar-refractivity contribution in [2.24, 2.45) is 11.8 Å². The molecule has 4 aromatic carbocycles. The summed E-state index contributed by atoms with van der Waals surface area (Å²) in [7, 11) is 2.29. The van der Waals surface area contributed by atoms with Gasteiger partial charge in [-0.3, -0.25) is 9.59 Å². The molecule has 368 valence electrons. The highest BCUT2D eigenvalue weighted by molar-refractivity contribution is 5.98. The SMILES string of the molecule is C=CC(=O)OCCCCOc1ccc(C(=O)Oc2ccc(OC(=O)C3CCC(C(=O)Oc4ccc(OC(=O)c5ccc(OCCCCOC(=O)C=C)cc5)c(C(=O)OC)c4)CC3)cc2C(=O)OC)cc1. The molecule has 4 aromatic rings. The number of hydrogen-bond donors (Lipinski definition) is 0. The van der Waals surface area contributed by atoms with Crippen molar-refractivity contribution in [3.05, 3.63) is 132 Å². The maximum Gasteiger partial charge on any atom is 0.343 e. The Morgan fingerprint density at radius 1 is 0.457 bits per heavy atom. The normalized spacial score (nSPS) is 13.8. The predicted molar refractivity (Wildman–Crippen MR) is 247 cm³/mol. The number of carbonyl (C=O) groups excluding carboxylic acids is 8. The van der Waals surface area contributed by atoms with Gasteiger partial charge < -0.3 is 47.4 Å². The fourth-order valence-electron chi connectivity index (χ4n) is 6.77. The average Bonchev–Trinajstić information content (AvgIpc) is 3.38. The molecule has 70 heavy (non-hydrogen) atoms. The summed E-state index contributed by atoms with van der Waals surface area (Å²) < 4.78 is 53.2. The molecule has 0 N–H and O–H groups in total. The molecule has 1 fully saturated rings. The monoisotopic (exact) mass is 964 g/mol. The summed E-state index contributed by atoms with van der Waals surface area (Å²) in [6, 6.07) is 20.1. The summed E-state index contributed by atoms with van der Waals surface area (Å²) in [5.41, 5.74) is 0.000349. The van der Waals surface area contributed by atoms with Gasteiger partial charge in [0.2, 0.25) is 0 Å². The van der Waals surface area contributed by atoms with Crippen LogP contribution in [0.2, 0.25) is 0 Å². The number of benzene rings is 4. The van der Waals surface area contributed by atoms with E-state index in [1.807, 2.05) is 0 Å². The Morgan fingerprint density at radius 3 is 1.14 bits per heavy atom. The van der Waals surface area contributed by atoms with Gasteiger partial charge >= 0.3 is 47.8 Å². The Hall–Kier alpha value is -8.28. The summed E-state index contributed by atoms with van der Waals surface area (Å²) in [5, 5.41) is 0. The topological polar surface area (TPSA) is 229 Å². The first-order chi connectivity index (χ1) is 33.8. The van der Waals surface area contributed by atoms with Crippen LogP contribution in [0.4, 0.5) is 0 Å². The molecular weight excluding hydrogens is 913 g/mol. The lowest BCUT2D eigenvalue weighted by molar-refractivity contribution is -0.145. The van der Waals surface area contributed by atoms with E-state index in [2.05, 4.69) is 13.2 Å². The van der Waals surface area contributed by atoms with E-state index >= 15 is 0 Å². The van der Waals surface area contributed by atoms with Gasteiger partial charge in [-0.25, -0.2) is 28.8 Å². The molecule has 1 saturated carbocycles. The molecule has 18 nitrogen and oxygen atoms in total. The van der Waals surface area contributed by atoms with E-state index in [0.29, 0.717) is 50.4 Å². The van der Waals surface area contributed by atoms with Gasteiger partial charge in [0.1, 0.15) is 45.6 Å². The Labute approximate surface area is 403 Å². The minimum Gasteiger partial charge on any atom is -0.494 e. The Bertz CT molecular complexity index is 2340. The van der Waals surface area contributed by atoms with Gasteiger partial charge in [0, 0.05) is 12.2 Å². The van der Waals surface area contributed by atoms with Crippen molar-refractivity contribution in [3.8, 4) is 34.5 Å². The third kappa shape index (κ3) is 15.9. The smallest absolute Gasteiger partial charge is 0.343 e. The summed E-state index contributed by atoms with van der Waals surface area (Å²) in [4.78, 5) is 100. The van der Waals surface area contributed by atoms with E-state index in [4.69, 9.17) is 47.4 Å². The molecule has 0 radical (unpaired) electrons. The zero-order valence-corrected chi connectivity index (χ0v) is 38.6. The molecule has 0 saturated heterocycles. The molecule has 5 rings (SSSR count). The van der Waals surface area contributed by atoms with Crippen LogP contribution in [0.15, 0.2) is 110 Å². The largest absolute Gasteiger partial charge is 0.494 e. The second kappa shape index (κ2) is 26.9. The van der Waals surface area contributed by atoms with Crippen molar-refractivity contribution in [2.45, 2.75) is 51.4 Å². The molecule has 18 heteroatoms. The number of carbonyl (C=O) groups is 8. The van der Waals surface area contributed by atoms with Crippen LogP contribution in [-0.4, -0.2) is 88.4 Å². The van der Waals surface area contributed by atoms with Crippen LogP contribution in [0, 0.1) is 11.8 Å². The van der Waals surface area contributed by atoms with E-state index in [1.54, 1.807) is 24.3 Å². The molecule has 0 unspecified atom stereocenters. The van der Waals surface area contributed by atoms with Crippen molar-refractivity contribution >= 4 is 47.8 Å². The van der Waals surface area contributed by atoms with E-state index in [1.165, 1.54) is 60.7 Å². The molecular formula is C52H52O18. The molecule has 0 aliphatic heterocycles. The van der Waals surface area contributed by atoms with Crippen molar-refractivity contribution in [3.63, 3.8) is 0 Å². The fraction of sp³-hybridized carbons (Fsp3) is 0.308. The molecule has 1 aliphatic rings. The van der Waals surface area contributed by atoms with Crippen molar-refractivity contribution in [1.82, 2.24) is 0 Å². The van der Waals surface area contributed by atoms with Crippen molar-refractivity contribution in [2.75, 3.05) is 40.6 Å². The first-order valence-electron chi connectivity index (χ1n) is 22.2. The Morgan fingerprint density at radius 2 is 0.800 bits per heavy atom. The summed E-state index contributed by atoms with van der Waals surface area (Å²) in [5.74, 6) is -5.86. The third-order valence-corrected chi connectivity index (χ3v) is 10.6. The molecule has 1 aliphatic carbocycles.